The van der Waals surface area contributed by atoms with Crippen LogP contribution in [0.1, 0.15) is 17.1 Å². The van der Waals surface area contributed by atoms with Gasteiger partial charge in [0.2, 0.25) is 5.78 Å². The second kappa shape index (κ2) is 6.20. The highest BCUT2D eigenvalue weighted by Crippen LogP contribution is 2.27. The van der Waals surface area contributed by atoms with Gasteiger partial charge >= 0.3 is 0 Å². The maximum Gasteiger partial charge on any atom is 0.265 e. The lowest BCUT2D eigenvalue weighted by Crippen LogP contribution is -2.14. The zero-order valence-corrected chi connectivity index (χ0v) is 15.9. The summed E-state index contributed by atoms with van der Waals surface area (Å²) >= 11 is 0. The Morgan fingerprint density at radius 3 is 2.67 bits per heavy atom. The van der Waals surface area contributed by atoms with Crippen LogP contribution in [0.4, 0.5) is 5.69 Å². The molecular formula is C18H18N6O2S. The highest BCUT2D eigenvalue weighted by atomic mass is 32.2. The predicted octanol–water partition coefficient (Wildman–Crippen LogP) is 2.85. The molecule has 0 atom stereocenters. The topological polar surface area (TPSA) is 105 Å². The van der Waals surface area contributed by atoms with E-state index >= 15 is 0 Å². The van der Waals surface area contributed by atoms with Crippen LogP contribution in [0.2, 0.25) is 0 Å². The van der Waals surface area contributed by atoms with Crippen LogP contribution in [0.5, 0.6) is 0 Å². The number of benzene rings is 1. The van der Waals surface area contributed by atoms with Crippen molar-refractivity contribution in [2.24, 2.45) is 0 Å². The van der Waals surface area contributed by atoms with E-state index in [2.05, 4.69) is 24.9 Å². The molecule has 0 saturated heterocycles. The molecule has 27 heavy (non-hydrogen) atoms. The summed E-state index contributed by atoms with van der Waals surface area (Å²) in [6.45, 7) is 5.28. The van der Waals surface area contributed by atoms with Crippen molar-refractivity contribution in [3.8, 4) is 11.3 Å². The third-order valence-electron chi connectivity index (χ3n) is 4.36. The average Bonchev–Trinajstić information content (AvgIpc) is 3.15. The summed E-state index contributed by atoms with van der Waals surface area (Å²) in [4.78, 5) is 8.98. The number of nitrogens with zero attached hydrogens (tertiary/aromatic N) is 4. The lowest BCUT2D eigenvalue weighted by Gasteiger charge is -2.09. The summed E-state index contributed by atoms with van der Waals surface area (Å²) < 4.78 is 30.0. The minimum atomic E-state index is -3.75. The van der Waals surface area contributed by atoms with Crippen LogP contribution in [0.15, 0.2) is 47.6 Å². The molecule has 4 aromatic rings. The number of fused-ring (bicyclic) bond motifs is 1. The lowest BCUT2D eigenvalue weighted by molar-refractivity contribution is 0.600. The van der Waals surface area contributed by atoms with Gasteiger partial charge < -0.3 is 0 Å². The Balaban J connectivity index is 1.74. The number of aromatic amines is 1. The van der Waals surface area contributed by atoms with E-state index in [1.165, 1.54) is 0 Å². The second-order valence-corrected chi connectivity index (χ2v) is 7.90. The fourth-order valence-corrected chi connectivity index (χ4v) is 4.57. The highest BCUT2D eigenvalue weighted by molar-refractivity contribution is 7.92. The second-order valence-electron chi connectivity index (χ2n) is 6.28. The molecule has 0 aliphatic rings. The zero-order valence-electron chi connectivity index (χ0n) is 15.1. The van der Waals surface area contributed by atoms with Crippen LogP contribution >= 0.6 is 0 Å². The van der Waals surface area contributed by atoms with E-state index in [0.29, 0.717) is 22.9 Å². The van der Waals surface area contributed by atoms with Gasteiger partial charge in [-0.25, -0.2) is 18.4 Å². The van der Waals surface area contributed by atoms with Crippen molar-refractivity contribution >= 4 is 21.5 Å². The number of hydrogen-bond acceptors (Lipinski definition) is 5. The largest absolute Gasteiger partial charge is 0.288 e. The maximum absolute atomic E-state index is 12.8. The Morgan fingerprint density at radius 1 is 1.15 bits per heavy atom. The maximum atomic E-state index is 12.8. The van der Waals surface area contributed by atoms with Crippen molar-refractivity contribution in [3.63, 3.8) is 0 Å². The first kappa shape index (κ1) is 17.2. The molecule has 0 amide bonds. The molecule has 0 aliphatic heterocycles. The van der Waals surface area contributed by atoms with Gasteiger partial charge in [-0.05, 0) is 39.0 Å². The van der Waals surface area contributed by atoms with Crippen LogP contribution in [0.3, 0.4) is 0 Å². The molecule has 0 fully saturated rings. The van der Waals surface area contributed by atoms with Gasteiger partial charge in [0.05, 0.1) is 17.1 Å². The van der Waals surface area contributed by atoms with Gasteiger partial charge in [-0.1, -0.05) is 12.1 Å². The summed E-state index contributed by atoms with van der Waals surface area (Å²) in [6, 6.07) is 8.98. The number of nitrogens with one attached hydrogen (secondary N) is 2. The first-order chi connectivity index (χ1) is 12.9. The molecule has 3 heterocycles. The van der Waals surface area contributed by atoms with Crippen LogP contribution in [-0.4, -0.2) is 33.0 Å². The molecular weight excluding hydrogens is 364 g/mol. The number of anilines is 1. The Bertz CT molecular complexity index is 1240. The molecule has 0 aliphatic carbocycles. The van der Waals surface area contributed by atoms with Gasteiger partial charge in [0.1, 0.15) is 4.90 Å². The summed E-state index contributed by atoms with van der Waals surface area (Å²) in [5.74, 6) is 0.598. The number of rotatable bonds is 4. The van der Waals surface area contributed by atoms with Gasteiger partial charge in [-0.2, -0.15) is 5.10 Å². The molecule has 0 saturated carbocycles. The van der Waals surface area contributed by atoms with E-state index in [4.69, 9.17) is 0 Å². The summed E-state index contributed by atoms with van der Waals surface area (Å²) in [5.41, 5.74) is 3.87. The lowest BCUT2D eigenvalue weighted by atomic mass is 10.1. The van der Waals surface area contributed by atoms with Gasteiger partial charge in [-0.3, -0.25) is 14.2 Å². The molecule has 0 radical (unpaired) electrons. The van der Waals surface area contributed by atoms with Gasteiger partial charge in [-0.15, -0.1) is 0 Å². The molecule has 0 bridgehead atoms. The fourth-order valence-electron chi connectivity index (χ4n) is 3.15. The number of aromatic nitrogens is 5. The van der Waals surface area contributed by atoms with Gasteiger partial charge in [0.25, 0.3) is 10.0 Å². The predicted molar refractivity (Wildman–Crippen MR) is 102 cm³/mol. The Kier molecular flexibility index (Phi) is 3.96. The first-order valence-electron chi connectivity index (χ1n) is 8.31. The first-order valence-corrected chi connectivity index (χ1v) is 9.79. The number of aryl methyl sites for hydroxylation is 3. The number of sulfonamides is 1. The van der Waals surface area contributed by atoms with Gasteiger partial charge in [0, 0.05) is 29.3 Å². The number of H-pyrrole nitrogens is 1. The standard InChI is InChI=1S/C18H18N6O2S/c1-11-17(12(2)22-21-11)27(25,26)23-15-7-4-6-14(10-15)16-13(3)24-9-5-8-19-18(24)20-16/h4-10,23H,1-3H3,(H,21,22). The molecule has 8 nitrogen and oxygen atoms in total. The van der Waals surface area contributed by atoms with E-state index in [-0.39, 0.29) is 4.90 Å². The van der Waals surface area contributed by atoms with E-state index in [1.54, 1.807) is 38.2 Å². The Hall–Kier alpha value is -3.20. The van der Waals surface area contributed by atoms with E-state index < -0.39 is 10.0 Å². The third-order valence-corrected chi connectivity index (χ3v) is 6.00. The quantitative estimate of drug-likeness (QED) is 0.565. The SMILES string of the molecule is Cc1n[nH]c(C)c1S(=O)(=O)Nc1cccc(-c2nc3ncccn3c2C)c1. The average molecular weight is 382 g/mol. The van der Waals surface area contributed by atoms with Crippen molar-refractivity contribution in [2.45, 2.75) is 25.7 Å². The molecule has 4 rings (SSSR count). The normalized spacial score (nSPS) is 11.8. The van der Waals surface area contributed by atoms with Crippen LogP contribution in [0.25, 0.3) is 17.0 Å². The summed E-state index contributed by atoms with van der Waals surface area (Å²) in [7, 11) is -3.75. The van der Waals surface area contributed by atoms with E-state index in [9.17, 15) is 8.42 Å². The van der Waals surface area contributed by atoms with Crippen molar-refractivity contribution < 1.29 is 8.42 Å². The van der Waals surface area contributed by atoms with Crippen molar-refractivity contribution in [3.05, 3.63) is 59.8 Å². The molecule has 2 N–H and O–H groups in total. The minimum Gasteiger partial charge on any atom is -0.288 e. The van der Waals surface area contributed by atoms with E-state index in [0.717, 1.165) is 17.0 Å². The molecule has 9 heteroatoms. The van der Waals surface area contributed by atoms with Gasteiger partial charge in [0.15, 0.2) is 0 Å². The van der Waals surface area contributed by atoms with Crippen LogP contribution < -0.4 is 4.72 Å². The monoisotopic (exact) mass is 382 g/mol. The Labute approximate surface area is 156 Å². The summed E-state index contributed by atoms with van der Waals surface area (Å²) in [6.07, 6.45) is 3.58. The van der Waals surface area contributed by atoms with Crippen molar-refractivity contribution in [1.82, 2.24) is 24.6 Å². The molecule has 138 valence electrons. The molecule has 1 aromatic carbocycles. The molecule has 0 spiro atoms. The zero-order chi connectivity index (χ0) is 19.2. The van der Waals surface area contributed by atoms with Crippen LogP contribution in [0, 0.1) is 20.8 Å². The van der Waals surface area contributed by atoms with E-state index in [1.807, 2.05) is 29.7 Å². The molecule has 3 aromatic heterocycles. The third kappa shape index (κ3) is 2.95. The Morgan fingerprint density at radius 2 is 1.96 bits per heavy atom. The van der Waals surface area contributed by atoms with Crippen molar-refractivity contribution in [2.75, 3.05) is 4.72 Å². The minimum absolute atomic E-state index is 0.168. The molecule has 0 unspecified atom stereocenters. The summed E-state index contributed by atoms with van der Waals surface area (Å²) in [5, 5.41) is 6.66. The highest BCUT2D eigenvalue weighted by Gasteiger charge is 2.22. The van der Waals surface area contributed by atoms with Crippen molar-refractivity contribution in [1.29, 1.82) is 0 Å². The fraction of sp³-hybridized carbons (Fsp3) is 0.167. The van der Waals surface area contributed by atoms with Crippen LogP contribution in [-0.2, 0) is 10.0 Å². The smallest absolute Gasteiger partial charge is 0.265 e. The number of imidazole rings is 1. The number of hydrogen-bond donors (Lipinski definition) is 2.